The average Bonchev–Trinajstić information content (AvgIpc) is 1.37. The fourth-order valence-corrected chi connectivity index (χ4v) is 0. The third-order valence-corrected chi connectivity index (χ3v) is 0.401. The highest BCUT2D eigenvalue weighted by molar-refractivity contribution is 7.80. The van der Waals surface area contributed by atoms with Crippen LogP contribution in [0.2, 0.25) is 0 Å². The molecule has 0 aromatic heterocycles. The van der Waals surface area contributed by atoms with Crippen LogP contribution in [0, 0.1) is 0 Å². The molecule has 0 heterocycles. The van der Waals surface area contributed by atoms with E-state index >= 15 is 0 Å². The van der Waals surface area contributed by atoms with Gasteiger partial charge in [0.2, 0.25) is 0 Å². The van der Waals surface area contributed by atoms with Crippen molar-refractivity contribution in [2.75, 3.05) is 0 Å². The standard InChI is InChI=1S/CH2ClOP/c2-4-1-3/h1,4H. The molecular weight excluding hydrogens is 94.4 g/mol. The molecule has 0 amide bonds. The summed E-state index contributed by atoms with van der Waals surface area (Å²) in [7, 11) is -0.0679. The third kappa shape index (κ3) is 2.39. The lowest BCUT2D eigenvalue weighted by molar-refractivity contribution is 0.570. The maximum absolute atomic E-state index is 9.05. The highest BCUT2D eigenvalue weighted by atomic mass is 35.7. The number of carbonyl (C=O) groups excluding carboxylic acids is 1. The van der Waals surface area contributed by atoms with E-state index < -0.39 is 0 Å². The van der Waals surface area contributed by atoms with Crippen LogP contribution in [-0.2, 0) is 4.79 Å². The summed E-state index contributed by atoms with van der Waals surface area (Å²) in [5, 5.41) is 0. The summed E-state index contributed by atoms with van der Waals surface area (Å²) >= 11 is 4.85. The number of carbonyl (C=O) groups is 1. The summed E-state index contributed by atoms with van der Waals surface area (Å²) in [4.78, 5) is 9.05. The highest BCUT2D eigenvalue weighted by Crippen LogP contribution is 2.06. The van der Waals surface area contributed by atoms with Crippen LogP contribution < -0.4 is 0 Å². The Morgan fingerprint density at radius 1 is 2.00 bits per heavy atom. The molecule has 0 rings (SSSR count). The van der Waals surface area contributed by atoms with Crippen molar-refractivity contribution in [1.29, 1.82) is 0 Å². The molecule has 0 aliphatic heterocycles. The first-order valence-electron chi connectivity index (χ1n) is 0.713. The van der Waals surface area contributed by atoms with Gasteiger partial charge in [0.1, 0.15) is 0 Å². The summed E-state index contributed by atoms with van der Waals surface area (Å²) in [6.07, 6.45) is 0. The molecule has 1 unspecified atom stereocenters. The molecule has 0 aliphatic carbocycles. The fourth-order valence-electron chi connectivity index (χ4n) is 0. The average molecular weight is 96.5 g/mol. The van der Waals surface area contributed by atoms with E-state index in [1.165, 1.54) is 0 Å². The Morgan fingerprint density at radius 3 is 2.25 bits per heavy atom. The van der Waals surface area contributed by atoms with Crippen molar-refractivity contribution in [3.05, 3.63) is 0 Å². The topological polar surface area (TPSA) is 17.1 Å². The third-order valence-electron chi connectivity index (χ3n) is 0.0445. The SMILES string of the molecule is O=CPCl. The Bertz CT molecular complexity index is 22.0. The second-order valence-electron chi connectivity index (χ2n) is 0.227. The summed E-state index contributed by atoms with van der Waals surface area (Å²) in [6, 6.07) is 0.668. The first-order valence-corrected chi connectivity index (χ1v) is 2.80. The molecule has 24 valence electrons. The van der Waals surface area contributed by atoms with Gasteiger partial charge in [0, 0.05) is 7.93 Å². The largest absolute Gasteiger partial charge is 0.297 e. The molecule has 0 bridgehead atoms. The zero-order chi connectivity index (χ0) is 3.41. The van der Waals surface area contributed by atoms with Gasteiger partial charge in [0.05, 0.1) is 0 Å². The smallest absolute Gasteiger partial charge is 0.154 e. The Hall–Kier alpha value is 0.390. The van der Waals surface area contributed by atoms with Gasteiger partial charge in [-0.2, -0.15) is 0 Å². The normalized spacial score (nSPS) is 9.25. The second-order valence-corrected chi connectivity index (χ2v) is 1.34. The van der Waals surface area contributed by atoms with E-state index in [-0.39, 0.29) is 7.93 Å². The Balaban J connectivity index is 2.30. The summed E-state index contributed by atoms with van der Waals surface area (Å²) in [5.41, 5.74) is 0. The fraction of sp³-hybridized carbons (Fsp3) is 0. The minimum Gasteiger partial charge on any atom is -0.297 e. The second kappa shape index (κ2) is 3.39. The Kier molecular flexibility index (Phi) is 3.72. The molecule has 3 heteroatoms. The van der Waals surface area contributed by atoms with Crippen molar-refractivity contribution < 1.29 is 4.79 Å². The lowest BCUT2D eigenvalue weighted by atomic mass is 11.8. The minimum absolute atomic E-state index is 0.0679. The van der Waals surface area contributed by atoms with Gasteiger partial charge in [0.25, 0.3) is 0 Å². The molecule has 0 fully saturated rings. The van der Waals surface area contributed by atoms with Crippen molar-refractivity contribution in [3.63, 3.8) is 0 Å². The lowest BCUT2D eigenvalue weighted by Crippen LogP contribution is -1.30. The number of hydrogen-bond donors (Lipinski definition) is 0. The predicted molar refractivity (Wildman–Crippen MR) is 20.9 cm³/mol. The minimum atomic E-state index is -0.0679. The van der Waals surface area contributed by atoms with Crippen LogP contribution in [0.15, 0.2) is 0 Å². The lowest BCUT2D eigenvalue weighted by Gasteiger charge is -1.49. The van der Waals surface area contributed by atoms with E-state index in [0.29, 0.717) is 6.03 Å². The van der Waals surface area contributed by atoms with Gasteiger partial charge in [0.15, 0.2) is 6.03 Å². The van der Waals surface area contributed by atoms with Crippen LogP contribution in [0.25, 0.3) is 0 Å². The molecule has 1 atom stereocenters. The zero-order valence-corrected chi connectivity index (χ0v) is 3.62. The number of rotatable bonds is 1. The molecule has 0 N–H and O–H groups in total. The van der Waals surface area contributed by atoms with Gasteiger partial charge >= 0.3 is 0 Å². The van der Waals surface area contributed by atoms with E-state index in [2.05, 4.69) is 0 Å². The van der Waals surface area contributed by atoms with Gasteiger partial charge in [-0.15, -0.1) is 0 Å². The van der Waals surface area contributed by atoms with Crippen LogP contribution in [-0.4, -0.2) is 6.03 Å². The molecular formula is CH2ClOP. The molecule has 0 spiro atoms. The number of halogens is 1. The van der Waals surface area contributed by atoms with Crippen LogP contribution in [0.5, 0.6) is 0 Å². The highest BCUT2D eigenvalue weighted by Gasteiger charge is 1.55. The van der Waals surface area contributed by atoms with Crippen molar-refractivity contribution >= 4 is 25.2 Å². The van der Waals surface area contributed by atoms with E-state index in [1.54, 1.807) is 0 Å². The molecule has 0 saturated carbocycles. The van der Waals surface area contributed by atoms with Gasteiger partial charge < -0.3 is 0 Å². The zero-order valence-electron chi connectivity index (χ0n) is 1.86. The first kappa shape index (κ1) is 4.39. The number of hydrogen-bond acceptors (Lipinski definition) is 1. The van der Waals surface area contributed by atoms with Crippen molar-refractivity contribution in [2.24, 2.45) is 0 Å². The van der Waals surface area contributed by atoms with Gasteiger partial charge in [-0.3, -0.25) is 4.79 Å². The summed E-state index contributed by atoms with van der Waals surface area (Å²) < 4.78 is 0. The monoisotopic (exact) mass is 96.0 g/mol. The van der Waals surface area contributed by atoms with Crippen LogP contribution in [0.4, 0.5) is 0 Å². The molecule has 4 heavy (non-hydrogen) atoms. The predicted octanol–water partition coefficient (Wildman–Crippen LogP) is 1.01. The summed E-state index contributed by atoms with van der Waals surface area (Å²) in [6.45, 7) is 0. The van der Waals surface area contributed by atoms with E-state index in [9.17, 15) is 0 Å². The maximum Gasteiger partial charge on any atom is 0.154 e. The van der Waals surface area contributed by atoms with E-state index in [0.717, 1.165) is 0 Å². The molecule has 0 saturated heterocycles. The van der Waals surface area contributed by atoms with Crippen molar-refractivity contribution in [2.45, 2.75) is 0 Å². The van der Waals surface area contributed by atoms with Crippen molar-refractivity contribution in [3.8, 4) is 0 Å². The molecule has 0 aromatic carbocycles. The molecule has 1 nitrogen and oxygen atoms in total. The first-order chi connectivity index (χ1) is 1.91. The van der Waals surface area contributed by atoms with E-state index in [1.807, 2.05) is 0 Å². The summed E-state index contributed by atoms with van der Waals surface area (Å²) in [5.74, 6) is 0. The van der Waals surface area contributed by atoms with Crippen molar-refractivity contribution in [1.82, 2.24) is 0 Å². The Labute approximate surface area is 30.9 Å². The van der Waals surface area contributed by atoms with Crippen LogP contribution >= 0.6 is 19.2 Å². The Morgan fingerprint density at radius 2 is 2.25 bits per heavy atom. The quantitative estimate of drug-likeness (QED) is 0.352. The maximum atomic E-state index is 9.05. The van der Waals surface area contributed by atoms with Gasteiger partial charge in [-0.05, 0) is 0 Å². The van der Waals surface area contributed by atoms with Crippen LogP contribution in [0.1, 0.15) is 0 Å². The molecule has 0 aliphatic rings. The van der Waals surface area contributed by atoms with Gasteiger partial charge in [-0.25, -0.2) is 0 Å². The molecule has 0 radical (unpaired) electrons. The van der Waals surface area contributed by atoms with E-state index in [4.69, 9.17) is 16.0 Å². The molecule has 0 aromatic rings. The van der Waals surface area contributed by atoms with Crippen LogP contribution in [0.3, 0.4) is 0 Å². The van der Waals surface area contributed by atoms with Gasteiger partial charge in [-0.1, -0.05) is 11.2 Å².